The van der Waals surface area contributed by atoms with Crippen molar-refractivity contribution in [2.45, 2.75) is 58.0 Å². The van der Waals surface area contributed by atoms with Gasteiger partial charge in [-0.1, -0.05) is 26.0 Å². The third kappa shape index (κ3) is 4.02. The number of piperidine rings is 1. The Morgan fingerprint density at radius 3 is 2.65 bits per heavy atom. The lowest BCUT2D eigenvalue weighted by Gasteiger charge is -2.46. The van der Waals surface area contributed by atoms with Gasteiger partial charge in [0.25, 0.3) is 0 Å². The molecule has 5 atom stereocenters. The minimum atomic E-state index is 0.0419. The van der Waals surface area contributed by atoms with Crippen molar-refractivity contribution in [1.82, 2.24) is 10.6 Å². The molecule has 1 aromatic carbocycles. The summed E-state index contributed by atoms with van der Waals surface area (Å²) in [5, 5.41) is 6.37. The van der Waals surface area contributed by atoms with Crippen LogP contribution in [0.15, 0.2) is 24.3 Å². The Morgan fingerprint density at radius 1 is 1.27 bits per heavy atom. The number of hydrogen-bond donors (Lipinski definition) is 2. The Labute approximate surface area is 155 Å². The molecule has 2 aliphatic rings. The van der Waals surface area contributed by atoms with E-state index in [2.05, 4.69) is 24.5 Å². The predicted molar refractivity (Wildman–Crippen MR) is 101 cm³/mol. The third-order valence-electron chi connectivity index (χ3n) is 6.21. The van der Waals surface area contributed by atoms with Crippen molar-refractivity contribution in [1.29, 1.82) is 0 Å². The zero-order valence-electron chi connectivity index (χ0n) is 16.0. The van der Waals surface area contributed by atoms with Crippen molar-refractivity contribution >= 4 is 11.8 Å². The molecule has 0 radical (unpaired) electrons. The molecule has 1 saturated carbocycles. The molecule has 5 nitrogen and oxygen atoms in total. The van der Waals surface area contributed by atoms with Crippen LogP contribution < -0.4 is 15.4 Å². The lowest BCUT2D eigenvalue weighted by Crippen LogP contribution is -2.58. The first-order valence-corrected chi connectivity index (χ1v) is 9.74. The van der Waals surface area contributed by atoms with E-state index >= 15 is 0 Å². The van der Waals surface area contributed by atoms with Gasteiger partial charge in [-0.15, -0.1) is 0 Å². The van der Waals surface area contributed by atoms with Crippen LogP contribution in [0.1, 0.15) is 45.1 Å². The molecule has 1 aliphatic heterocycles. The van der Waals surface area contributed by atoms with Crippen molar-refractivity contribution in [2.24, 2.45) is 17.8 Å². The SMILES string of the molecule is CCC1C(=O)NC2CC(NC(=O)Cc3ccc(OC)cc3)CCC2C1C. The second-order valence-electron chi connectivity index (χ2n) is 7.76. The van der Waals surface area contributed by atoms with Crippen LogP contribution in [0, 0.1) is 17.8 Å². The van der Waals surface area contributed by atoms with Gasteiger partial charge in [0, 0.05) is 18.0 Å². The van der Waals surface area contributed by atoms with Gasteiger partial charge in [0.05, 0.1) is 13.5 Å². The molecule has 5 unspecified atom stereocenters. The fourth-order valence-electron chi connectivity index (χ4n) is 4.71. The molecule has 1 aromatic rings. The molecule has 0 aromatic heterocycles. The van der Waals surface area contributed by atoms with Crippen LogP contribution in [-0.2, 0) is 16.0 Å². The molecule has 3 rings (SSSR count). The fourth-order valence-corrected chi connectivity index (χ4v) is 4.71. The smallest absolute Gasteiger partial charge is 0.224 e. The van der Waals surface area contributed by atoms with Crippen LogP contribution in [0.2, 0.25) is 0 Å². The number of benzene rings is 1. The Balaban J connectivity index is 1.53. The molecule has 0 spiro atoms. The van der Waals surface area contributed by atoms with Crippen molar-refractivity contribution in [2.75, 3.05) is 7.11 Å². The summed E-state index contributed by atoms with van der Waals surface area (Å²) in [4.78, 5) is 24.7. The summed E-state index contributed by atoms with van der Waals surface area (Å²) in [7, 11) is 1.63. The zero-order valence-corrected chi connectivity index (χ0v) is 16.0. The molecule has 142 valence electrons. The summed E-state index contributed by atoms with van der Waals surface area (Å²) >= 11 is 0. The predicted octanol–water partition coefficient (Wildman–Crippen LogP) is 2.68. The van der Waals surface area contributed by atoms with Crippen LogP contribution in [0.4, 0.5) is 0 Å². The van der Waals surface area contributed by atoms with Gasteiger partial charge < -0.3 is 15.4 Å². The van der Waals surface area contributed by atoms with Gasteiger partial charge in [-0.05, 0) is 55.2 Å². The fraction of sp³-hybridized carbons (Fsp3) is 0.619. The first-order valence-electron chi connectivity index (χ1n) is 9.74. The highest BCUT2D eigenvalue weighted by Gasteiger charge is 2.43. The molecule has 5 heteroatoms. The van der Waals surface area contributed by atoms with Crippen molar-refractivity contribution in [3.8, 4) is 5.75 Å². The maximum Gasteiger partial charge on any atom is 0.224 e. The number of fused-ring (bicyclic) bond motifs is 1. The first-order chi connectivity index (χ1) is 12.5. The van der Waals surface area contributed by atoms with E-state index in [-0.39, 0.29) is 29.8 Å². The first kappa shape index (κ1) is 18.7. The maximum atomic E-state index is 12.4. The normalized spacial score (nSPS) is 30.9. The van der Waals surface area contributed by atoms with Gasteiger partial charge in [0.2, 0.25) is 11.8 Å². The number of carbonyl (C=O) groups excluding carboxylic acids is 2. The van der Waals surface area contributed by atoms with Crippen molar-refractivity contribution < 1.29 is 14.3 Å². The zero-order chi connectivity index (χ0) is 18.7. The molecule has 2 amide bonds. The van der Waals surface area contributed by atoms with E-state index < -0.39 is 0 Å². The van der Waals surface area contributed by atoms with Crippen LogP contribution in [0.5, 0.6) is 5.75 Å². The summed E-state index contributed by atoms with van der Waals surface area (Å²) in [6, 6.07) is 7.92. The molecular formula is C21H30N2O3. The number of ether oxygens (including phenoxy) is 1. The Bertz CT molecular complexity index is 643. The standard InChI is InChI=1S/C21H30N2O3/c1-4-17-13(2)18-10-7-15(12-19(18)23-21(17)25)22-20(24)11-14-5-8-16(26-3)9-6-14/h5-6,8-9,13,15,17-19H,4,7,10-12H2,1-3H3,(H,22,24)(H,23,25). The van der Waals surface area contributed by atoms with Crippen LogP contribution in [-0.4, -0.2) is 31.0 Å². The van der Waals surface area contributed by atoms with E-state index in [9.17, 15) is 9.59 Å². The average molecular weight is 358 g/mol. The van der Waals surface area contributed by atoms with Gasteiger partial charge in [0.15, 0.2) is 0 Å². The van der Waals surface area contributed by atoms with Crippen LogP contribution >= 0.6 is 0 Å². The molecule has 0 bridgehead atoms. The lowest BCUT2D eigenvalue weighted by molar-refractivity contribution is -0.133. The third-order valence-corrected chi connectivity index (χ3v) is 6.21. The monoisotopic (exact) mass is 358 g/mol. The van der Waals surface area contributed by atoms with E-state index in [1.807, 2.05) is 24.3 Å². The highest BCUT2D eigenvalue weighted by Crippen LogP contribution is 2.38. The minimum absolute atomic E-state index is 0.0419. The average Bonchev–Trinajstić information content (AvgIpc) is 2.62. The maximum absolute atomic E-state index is 12.4. The van der Waals surface area contributed by atoms with E-state index in [0.29, 0.717) is 18.3 Å². The van der Waals surface area contributed by atoms with Gasteiger partial charge in [-0.2, -0.15) is 0 Å². The van der Waals surface area contributed by atoms with E-state index in [1.54, 1.807) is 7.11 Å². The van der Waals surface area contributed by atoms with Crippen LogP contribution in [0.3, 0.4) is 0 Å². The Hall–Kier alpha value is -2.04. The minimum Gasteiger partial charge on any atom is -0.497 e. The second kappa shape index (κ2) is 8.11. The topological polar surface area (TPSA) is 67.4 Å². The number of amides is 2. The van der Waals surface area contributed by atoms with Gasteiger partial charge in [-0.25, -0.2) is 0 Å². The summed E-state index contributed by atoms with van der Waals surface area (Å²) < 4.78 is 5.14. The highest BCUT2D eigenvalue weighted by atomic mass is 16.5. The molecule has 26 heavy (non-hydrogen) atoms. The summed E-state index contributed by atoms with van der Waals surface area (Å²) in [5.41, 5.74) is 0.974. The molecule has 1 saturated heterocycles. The Kier molecular flexibility index (Phi) is 5.84. The highest BCUT2D eigenvalue weighted by molar-refractivity contribution is 5.80. The van der Waals surface area contributed by atoms with E-state index in [1.165, 1.54) is 0 Å². The number of nitrogens with one attached hydrogen (secondary N) is 2. The van der Waals surface area contributed by atoms with Gasteiger partial charge in [0.1, 0.15) is 5.75 Å². The van der Waals surface area contributed by atoms with Crippen LogP contribution in [0.25, 0.3) is 0 Å². The van der Waals surface area contributed by atoms with Gasteiger partial charge >= 0.3 is 0 Å². The number of carbonyl (C=O) groups is 2. The Morgan fingerprint density at radius 2 is 2.00 bits per heavy atom. The number of hydrogen-bond acceptors (Lipinski definition) is 3. The largest absolute Gasteiger partial charge is 0.497 e. The molecular weight excluding hydrogens is 328 g/mol. The summed E-state index contributed by atoms with van der Waals surface area (Å²) in [6.45, 7) is 4.30. The quantitative estimate of drug-likeness (QED) is 0.850. The van der Waals surface area contributed by atoms with E-state index in [4.69, 9.17) is 4.74 Å². The number of methoxy groups -OCH3 is 1. The second-order valence-corrected chi connectivity index (χ2v) is 7.76. The lowest BCUT2D eigenvalue weighted by atomic mass is 9.67. The van der Waals surface area contributed by atoms with E-state index in [0.717, 1.165) is 37.0 Å². The molecule has 1 heterocycles. The van der Waals surface area contributed by atoms with Crippen molar-refractivity contribution in [3.05, 3.63) is 29.8 Å². The number of rotatable bonds is 5. The summed E-state index contributed by atoms with van der Waals surface area (Å²) in [6.07, 6.45) is 4.17. The molecule has 2 fully saturated rings. The molecule has 1 aliphatic carbocycles. The summed E-state index contributed by atoms with van der Waals surface area (Å²) in [5.74, 6) is 2.12. The molecule has 2 N–H and O–H groups in total. The van der Waals surface area contributed by atoms with Crippen molar-refractivity contribution in [3.63, 3.8) is 0 Å². The van der Waals surface area contributed by atoms with Gasteiger partial charge in [-0.3, -0.25) is 9.59 Å².